The van der Waals surface area contributed by atoms with Crippen molar-refractivity contribution in [1.82, 2.24) is 4.90 Å². The monoisotopic (exact) mass is 277 g/mol. The number of nitrogens with two attached hydrogens (primary N) is 1. The van der Waals surface area contributed by atoms with Crippen LogP contribution in [0.15, 0.2) is 18.2 Å². The van der Waals surface area contributed by atoms with Crippen LogP contribution in [0.5, 0.6) is 0 Å². The van der Waals surface area contributed by atoms with E-state index in [2.05, 4.69) is 4.90 Å². The van der Waals surface area contributed by atoms with Gasteiger partial charge in [-0.3, -0.25) is 4.79 Å². The predicted molar refractivity (Wildman–Crippen MR) is 80.9 cm³/mol. The van der Waals surface area contributed by atoms with E-state index in [0.29, 0.717) is 17.2 Å². The standard InChI is InChI=1S/C15H23N3O2/c1-17(2)15(20)12-3-4-14(13(16)9-12)18-7-5-11(10-18)6-8-19/h3-4,9,11,19H,5-8,10,16H2,1-2H3. The first-order valence-corrected chi connectivity index (χ1v) is 7.00. The van der Waals surface area contributed by atoms with Crippen LogP contribution in [0.25, 0.3) is 0 Å². The molecule has 1 heterocycles. The average molecular weight is 277 g/mol. The van der Waals surface area contributed by atoms with Crippen LogP contribution >= 0.6 is 0 Å². The van der Waals surface area contributed by atoms with Crippen LogP contribution in [-0.4, -0.2) is 49.7 Å². The Labute approximate surface area is 120 Å². The minimum Gasteiger partial charge on any atom is -0.397 e. The maximum Gasteiger partial charge on any atom is 0.253 e. The molecule has 0 aliphatic carbocycles. The van der Waals surface area contributed by atoms with Gasteiger partial charge in [-0.25, -0.2) is 0 Å². The molecule has 0 bridgehead atoms. The Hall–Kier alpha value is -1.75. The van der Waals surface area contributed by atoms with Crippen LogP contribution in [0.4, 0.5) is 11.4 Å². The SMILES string of the molecule is CN(C)C(=O)c1ccc(N2CCC(CCO)C2)c(N)c1. The van der Waals surface area contributed by atoms with Crippen molar-refractivity contribution in [1.29, 1.82) is 0 Å². The molecule has 1 aromatic carbocycles. The van der Waals surface area contributed by atoms with E-state index in [0.717, 1.165) is 31.6 Å². The highest BCUT2D eigenvalue weighted by molar-refractivity contribution is 5.95. The lowest BCUT2D eigenvalue weighted by molar-refractivity contribution is 0.0827. The largest absolute Gasteiger partial charge is 0.397 e. The Morgan fingerprint density at radius 1 is 1.50 bits per heavy atom. The molecule has 110 valence electrons. The third-order valence-electron chi connectivity index (χ3n) is 3.84. The van der Waals surface area contributed by atoms with Crippen molar-refractivity contribution in [3.8, 4) is 0 Å². The predicted octanol–water partition coefficient (Wildman–Crippen LogP) is 1.18. The number of anilines is 2. The van der Waals surface area contributed by atoms with Crippen LogP contribution in [0.2, 0.25) is 0 Å². The zero-order chi connectivity index (χ0) is 14.7. The molecule has 1 fully saturated rings. The summed E-state index contributed by atoms with van der Waals surface area (Å²) < 4.78 is 0. The highest BCUT2D eigenvalue weighted by atomic mass is 16.3. The molecule has 0 radical (unpaired) electrons. The molecule has 0 saturated carbocycles. The molecule has 0 spiro atoms. The highest BCUT2D eigenvalue weighted by Crippen LogP contribution is 2.30. The van der Waals surface area contributed by atoms with Gasteiger partial charge in [-0.2, -0.15) is 0 Å². The molecule has 1 unspecified atom stereocenters. The first-order chi connectivity index (χ1) is 9.52. The van der Waals surface area contributed by atoms with Gasteiger partial charge in [0.2, 0.25) is 0 Å². The number of benzene rings is 1. The van der Waals surface area contributed by atoms with Crippen molar-refractivity contribution in [2.75, 3.05) is 44.4 Å². The molecule has 20 heavy (non-hydrogen) atoms. The number of carbonyl (C=O) groups is 1. The van der Waals surface area contributed by atoms with Crippen molar-refractivity contribution in [3.05, 3.63) is 23.8 Å². The first kappa shape index (κ1) is 14.7. The van der Waals surface area contributed by atoms with E-state index >= 15 is 0 Å². The topological polar surface area (TPSA) is 69.8 Å². The van der Waals surface area contributed by atoms with E-state index in [9.17, 15) is 4.79 Å². The minimum atomic E-state index is -0.0390. The molecule has 5 nitrogen and oxygen atoms in total. The quantitative estimate of drug-likeness (QED) is 0.811. The lowest BCUT2D eigenvalue weighted by Crippen LogP contribution is -2.23. The van der Waals surface area contributed by atoms with Crippen molar-refractivity contribution >= 4 is 17.3 Å². The molecule has 1 aromatic rings. The second-order valence-corrected chi connectivity index (χ2v) is 5.59. The number of rotatable bonds is 4. The molecular formula is C15H23N3O2. The number of hydrogen-bond donors (Lipinski definition) is 2. The van der Waals surface area contributed by atoms with Crippen LogP contribution in [-0.2, 0) is 0 Å². The fourth-order valence-corrected chi connectivity index (χ4v) is 2.70. The zero-order valence-electron chi connectivity index (χ0n) is 12.2. The summed E-state index contributed by atoms with van der Waals surface area (Å²) >= 11 is 0. The molecular weight excluding hydrogens is 254 g/mol. The Bertz CT molecular complexity index is 488. The van der Waals surface area contributed by atoms with E-state index in [1.807, 2.05) is 12.1 Å². The first-order valence-electron chi connectivity index (χ1n) is 7.00. The molecule has 1 aliphatic rings. The van der Waals surface area contributed by atoms with Crippen LogP contribution in [0.1, 0.15) is 23.2 Å². The van der Waals surface area contributed by atoms with Crippen molar-refractivity contribution < 1.29 is 9.90 Å². The van der Waals surface area contributed by atoms with Gasteiger partial charge in [0, 0.05) is 39.4 Å². The van der Waals surface area contributed by atoms with Gasteiger partial charge >= 0.3 is 0 Å². The van der Waals surface area contributed by atoms with Crippen molar-refractivity contribution in [3.63, 3.8) is 0 Å². The molecule has 1 saturated heterocycles. The van der Waals surface area contributed by atoms with E-state index in [1.165, 1.54) is 0 Å². The summed E-state index contributed by atoms with van der Waals surface area (Å²) in [6.45, 7) is 2.12. The summed E-state index contributed by atoms with van der Waals surface area (Å²) in [5.74, 6) is 0.491. The van der Waals surface area contributed by atoms with Gasteiger partial charge in [0.05, 0.1) is 11.4 Å². The van der Waals surface area contributed by atoms with Crippen molar-refractivity contribution in [2.45, 2.75) is 12.8 Å². The summed E-state index contributed by atoms with van der Waals surface area (Å²) in [6, 6.07) is 5.50. The zero-order valence-corrected chi connectivity index (χ0v) is 12.2. The Balaban J connectivity index is 2.13. The van der Waals surface area contributed by atoms with E-state index in [1.54, 1.807) is 25.1 Å². The Morgan fingerprint density at radius 2 is 2.25 bits per heavy atom. The number of nitrogen functional groups attached to an aromatic ring is 1. The molecule has 5 heteroatoms. The Morgan fingerprint density at radius 3 is 2.85 bits per heavy atom. The number of aliphatic hydroxyl groups is 1. The number of hydrogen-bond acceptors (Lipinski definition) is 4. The van der Waals surface area contributed by atoms with Gasteiger partial charge in [0.1, 0.15) is 0 Å². The van der Waals surface area contributed by atoms with E-state index in [-0.39, 0.29) is 12.5 Å². The fraction of sp³-hybridized carbons (Fsp3) is 0.533. The third-order valence-corrected chi connectivity index (χ3v) is 3.84. The van der Waals surface area contributed by atoms with Crippen LogP contribution in [0.3, 0.4) is 0 Å². The smallest absolute Gasteiger partial charge is 0.253 e. The fourth-order valence-electron chi connectivity index (χ4n) is 2.70. The van der Waals surface area contributed by atoms with Gasteiger partial charge in [0.15, 0.2) is 0 Å². The number of carbonyl (C=O) groups excluding carboxylic acids is 1. The van der Waals surface area contributed by atoms with Crippen molar-refractivity contribution in [2.24, 2.45) is 5.92 Å². The van der Waals surface area contributed by atoms with Gasteiger partial charge < -0.3 is 20.6 Å². The summed E-state index contributed by atoms with van der Waals surface area (Å²) in [5, 5.41) is 9.00. The van der Waals surface area contributed by atoms with Gasteiger partial charge in [-0.15, -0.1) is 0 Å². The minimum absolute atomic E-state index is 0.0390. The molecule has 2 rings (SSSR count). The second kappa shape index (κ2) is 6.13. The molecule has 3 N–H and O–H groups in total. The molecule has 1 amide bonds. The van der Waals surface area contributed by atoms with Gasteiger partial charge in [-0.05, 0) is 37.0 Å². The average Bonchev–Trinajstić information content (AvgIpc) is 2.86. The number of amides is 1. The summed E-state index contributed by atoms with van der Waals surface area (Å²) in [7, 11) is 3.46. The van der Waals surface area contributed by atoms with E-state index in [4.69, 9.17) is 10.8 Å². The molecule has 1 atom stereocenters. The Kier molecular flexibility index (Phi) is 4.49. The maximum atomic E-state index is 11.9. The number of nitrogens with zero attached hydrogens (tertiary/aromatic N) is 2. The van der Waals surface area contributed by atoms with Crippen LogP contribution in [0, 0.1) is 5.92 Å². The lowest BCUT2D eigenvalue weighted by atomic mass is 10.1. The van der Waals surface area contributed by atoms with Crippen LogP contribution < -0.4 is 10.6 Å². The number of aliphatic hydroxyl groups excluding tert-OH is 1. The lowest BCUT2D eigenvalue weighted by Gasteiger charge is -2.21. The highest BCUT2D eigenvalue weighted by Gasteiger charge is 2.23. The maximum absolute atomic E-state index is 11.9. The molecule has 1 aliphatic heterocycles. The summed E-state index contributed by atoms with van der Waals surface area (Å²) in [4.78, 5) is 15.7. The normalized spacial score (nSPS) is 18.4. The third kappa shape index (κ3) is 3.04. The summed E-state index contributed by atoms with van der Waals surface area (Å²) in [5.41, 5.74) is 8.34. The van der Waals surface area contributed by atoms with Gasteiger partial charge in [-0.1, -0.05) is 0 Å². The van der Waals surface area contributed by atoms with Gasteiger partial charge in [0.25, 0.3) is 5.91 Å². The summed E-state index contributed by atoms with van der Waals surface area (Å²) in [6.07, 6.45) is 1.92. The second-order valence-electron chi connectivity index (χ2n) is 5.59. The molecule has 0 aromatic heterocycles. The van der Waals surface area contributed by atoms with E-state index < -0.39 is 0 Å².